The topological polar surface area (TPSA) is 47.6 Å². The van der Waals surface area contributed by atoms with Crippen LogP contribution in [0.2, 0.25) is 0 Å². The summed E-state index contributed by atoms with van der Waals surface area (Å²) in [6, 6.07) is 7.56. The van der Waals surface area contributed by atoms with E-state index >= 15 is 0 Å². The molecule has 0 aliphatic heterocycles. The fraction of sp³-hybridized carbons (Fsp3) is 0.267. The lowest BCUT2D eigenvalue weighted by Gasteiger charge is -2.13. The molecule has 2 aromatic rings. The van der Waals surface area contributed by atoms with Crippen LogP contribution in [-0.2, 0) is 4.74 Å². The average molecular weight is 417 g/mol. The summed E-state index contributed by atoms with van der Waals surface area (Å²) in [5.41, 5.74) is 2.40. The van der Waals surface area contributed by atoms with E-state index < -0.39 is 0 Å². The Hall–Kier alpha value is -1.12. The number of hydrogen-bond acceptors (Lipinski definition) is 4. The van der Waals surface area contributed by atoms with Crippen LogP contribution in [0.4, 0.5) is 5.69 Å². The van der Waals surface area contributed by atoms with Crippen molar-refractivity contribution in [2.45, 2.75) is 6.92 Å². The Balaban J connectivity index is 2.13. The molecule has 0 aliphatic rings. The van der Waals surface area contributed by atoms with Crippen LogP contribution < -0.4 is 10.1 Å². The Morgan fingerprint density at radius 1 is 1.33 bits per heavy atom. The summed E-state index contributed by atoms with van der Waals surface area (Å²) in [6.45, 7) is 2.93. The van der Waals surface area contributed by atoms with Gasteiger partial charge in [0.25, 0.3) is 5.91 Å². The number of aryl methyl sites for hydroxylation is 1. The third-order valence-electron chi connectivity index (χ3n) is 2.76. The molecule has 0 spiro atoms. The van der Waals surface area contributed by atoms with Gasteiger partial charge >= 0.3 is 0 Å². The zero-order valence-corrected chi connectivity index (χ0v) is 14.8. The molecule has 1 heterocycles. The zero-order chi connectivity index (χ0) is 15.2. The van der Waals surface area contributed by atoms with Gasteiger partial charge in [0, 0.05) is 12.5 Å². The predicted molar refractivity (Wildman–Crippen MR) is 93.5 cm³/mol. The molecule has 21 heavy (non-hydrogen) atoms. The van der Waals surface area contributed by atoms with Crippen LogP contribution in [-0.4, -0.2) is 26.2 Å². The molecule has 0 unspecified atom stereocenters. The van der Waals surface area contributed by atoms with E-state index in [0.29, 0.717) is 30.2 Å². The molecular weight excluding hydrogens is 401 g/mol. The molecule has 0 fully saturated rings. The van der Waals surface area contributed by atoms with Crippen LogP contribution in [0.1, 0.15) is 15.9 Å². The van der Waals surface area contributed by atoms with Gasteiger partial charge in [-0.15, -0.1) is 11.3 Å². The molecule has 4 nitrogen and oxygen atoms in total. The van der Waals surface area contributed by atoms with E-state index in [2.05, 4.69) is 27.9 Å². The number of amides is 1. The maximum atomic E-state index is 12.2. The van der Waals surface area contributed by atoms with Crippen molar-refractivity contribution in [1.82, 2.24) is 0 Å². The number of halogens is 1. The van der Waals surface area contributed by atoms with Gasteiger partial charge in [0.2, 0.25) is 0 Å². The minimum Gasteiger partial charge on any atom is -0.489 e. The molecular formula is C15H16INO3S. The smallest absolute Gasteiger partial charge is 0.256 e. The number of nitrogens with one attached hydrogen (secondary N) is 1. The Kier molecular flexibility index (Phi) is 6.01. The molecule has 112 valence electrons. The third kappa shape index (κ3) is 4.69. The monoisotopic (exact) mass is 417 g/mol. The largest absolute Gasteiger partial charge is 0.489 e. The second kappa shape index (κ2) is 7.77. The van der Waals surface area contributed by atoms with Gasteiger partial charge in [-0.1, -0.05) is 6.07 Å². The maximum absolute atomic E-state index is 12.2. The molecule has 1 aromatic heterocycles. The lowest BCUT2D eigenvalue weighted by Crippen LogP contribution is -2.13. The highest BCUT2D eigenvalue weighted by molar-refractivity contribution is 14.1. The fourth-order valence-electron chi connectivity index (χ4n) is 1.71. The van der Waals surface area contributed by atoms with Crippen molar-refractivity contribution in [2.24, 2.45) is 0 Å². The minimum atomic E-state index is -0.130. The lowest BCUT2D eigenvalue weighted by molar-refractivity contribution is 0.102. The number of thiophene rings is 1. The number of carbonyl (C=O) groups is 1. The summed E-state index contributed by atoms with van der Waals surface area (Å²) in [5.74, 6) is 0.528. The SMILES string of the molecule is COCCOc1cc(C)ccc1NC(=O)c1csc(I)c1. The number of ether oxygens (including phenoxy) is 2. The first-order valence-electron chi connectivity index (χ1n) is 6.38. The Labute approximate surface area is 141 Å². The maximum Gasteiger partial charge on any atom is 0.256 e. The van der Waals surface area contributed by atoms with Crippen molar-refractivity contribution in [1.29, 1.82) is 0 Å². The summed E-state index contributed by atoms with van der Waals surface area (Å²) >= 11 is 3.74. The molecule has 0 saturated heterocycles. The number of hydrogen-bond donors (Lipinski definition) is 1. The summed E-state index contributed by atoms with van der Waals surface area (Å²) in [4.78, 5) is 12.2. The van der Waals surface area contributed by atoms with Crippen LogP contribution in [0.15, 0.2) is 29.6 Å². The van der Waals surface area contributed by atoms with E-state index in [-0.39, 0.29) is 5.91 Å². The first-order chi connectivity index (χ1) is 10.1. The quantitative estimate of drug-likeness (QED) is 0.572. The number of carbonyl (C=O) groups excluding carboxylic acids is 1. The number of benzene rings is 1. The number of anilines is 1. The van der Waals surface area contributed by atoms with Crippen LogP contribution in [0, 0.1) is 9.81 Å². The number of rotatable bonds is 6. The molecule has 1 N–H and O–H groups in total. The van der Waals surface area contributed by atoms with Crippen LogP contribution in [0.25, 0.3) is 0 Å². The highest BCUT2D eigenvalue weighted by Crippen LogP contribution is 2.27. The van der Waals surface area contributed by atoms with Gasteiger partial charge in [-0.3, -0.25) is 4.79 Å². The van der Waals surface area contributed by atoms with E-state index in [4.69, 9.17) is 9.47 Å². The van der Waals surface area contributed by atoms with E-state index in [1.165, 1.54) is 0 Å². The summed E-state index contributed by atoms with van der Waals surface area (Å²) in [6.07, 6.45) is 0. The molecule has 0 atom stereocenters. The van der Waals surface area contributed by atoms with E-state index in [0.717, 1.165) is 8.45 Å². The summed E-state index contributed by atoms with van der Waals surface area (Å²) in [5, 5.41) is 4.74. The van der Waals surface area contributed by atoms with Crippen LogP contribution in [0.5, 0.6) is 5.75 Å². The van der Waals surface area contributed by atoms with Gasteiger partial charge in [-0.05, 0) is 53.3 Å². The highest BCUT2D eigenvalue weighted by Gasteiger charge is 2.11. The Morgan fingerprint density at radius 2 is 2.14 bits per heavy atom. The summed E-state index contributed by atoms with van der Waals surface area (Å²) < 4.78 is 11.7. The molecule has 6 heteroatoms. The molecule has 1 aromatic carbocycles. The van der Waals surface area contributed by atoms with E-state index in [1.807, 2.05) is 36.6 Å². The fourth-order valence-corrected chi connectivity index (χ4v) is 3.04. The lowest BCUT2D eigenvalue weighted by atomic mass is 10.2. The molecule has 2 rings (SSSR count). The normalized spacial score (nSPS) is 10.4. The van der Waals surface area contributed by atoms with Gasteiger partial charge in [0.1, 0.15) is 12.4 Å². The van der Waals surface area contributed by atoms with Gasteiger partial charge < -0.3 is 14.8 Å². The van der Waals surface area contributed by atoms with Crippen molar-refractivity contribution < 1.29 is 14.3 Å². The first kappa shape index (κ1) is 16.3. The van der Waals surface area contributed by atoms with Gasteiger partial charge in [0.15, 0.2) is 0 Å². The molecule has 0 radical (unpaired) electrons. The van der Waals surface area contributed by atoms with Gasteiger partial charge in [0.05, 0.1) is 20.7 Å². The van der Waals surface area contributed by atoms with E-state index in [9.17, 15) is 4.79 Å². The Bertz CT molecular complexity index is 627. The zero-order valence-electron chi connectivity index (χ0n) is 11.8. The molecule has 0 bridgehead atoms. The van der Waals surface area contributed by atoms with Crippen molar-refractivity contribution in [3.8, 4) is 5.75 Å². The average Bonchev–Trinajstić information content (AvgIpc) is 2.88. The standard InChI is InChI=1S/C15H16INO3S/c1-10-3-4-12(13(7-10)20-6-5-19-2)17-15(18)11-8-14(16)21-9-11/h3-4,7-9H,5-6H2,1-2H3,(H,17,18). The molecule has 0 aliphatic carbocycles. The van der Waals surface area contributed by atoms with Crippen LogP contribution >= 0.6 is 33.9 Å². The molecule has 1 amide bonds. The Morgan fingerprint density at radius 3 is 2.81 bits per heavy atom. The van der Waals surface area contributed by atoms with E-state index in [1.54, 1.807) is 18.4 Å². The minimum absolute atomic E-state index is 0.130. The van der Waals surface area contributed by atoms with Crippen molar-refractivity contribution >= 4 is 45.5 Å². The van der Waals surface area contributed by atoms with Crippen molar-refractivity contribution in [2.75, 3.05) is 25.6 Å². The second-order valence-electron chi connectivity index (χ2n) is 4.43. The second-order valence-corrected chi connectivity index (χ2v) is 7.24. The van der Waals surface area contributed by atoms with Crippen molar-refractivity contribution in [3.63, 3.8) is 0 Å². The van der Waals surface area contributed by atoms with Crippen LogP contribution in [0.3, 0.4) is 0 Å². The predicted octanol–water partition coefficient (Wildman–Crippen LogP) is 3.94. The summed E-state index contributed by atoms with van der Waals surface area (Å²) in [7, 11) is 1.63. The highest BCUT2D eigenvalue weighted by atomic mass is 127. The van der Waals surface area contributed by atoms with Crippen molar-refractivity contribution in [3.05, 3.63) is 43.7 Å². The number of methoxy groups -OCH3 is 1. The molecule has 0 saturated carbocycles. The van der Waals surface area contributed by atoms with Gasteiger partial charge in [-0.25, -0.2) is 0 Å². The third-order valence-corrected chi connectivity index (χ3v) is 4.55. The van der Waals surface area contributed by atoms with Gasteiger partial charge in [-0.2, -0.15) is 0 Å². The first-order valence-corrected chi connectivity index (χ1v) is 8.34.